The zero-order valence-electron chi connectivity index (χ0n) is 14.4. The van der Waals surface area contributed by atoms with Gasteiger partial charge in [-0.15, -0.1) is 11.3 Å². The standard InChI is InChI=1S/C19H17N3O2S2/c1-23-13-7-8-14(17(9-13)24-2)18-20-12(10-25-18)11-26-19-21-15-5-3-4-6-16(15)22-19/h3-10H,11H2,1-2H3,(H,21,22). The molecule has 0 radical (unpaired) electrons. The number of ether oxygens (including phenoxy) is 2. The van der Waals surface area contributed by atoms with E-state index >= 15 is 0 Å². The van der Waals surface area contributed by atoms with Crippen LogP contribution in [0.2, 0.25) is 0 Å². The highest BCUT2D eigenvalue weighted by Gasteiger charge is 2.12. The number of nitrogens with zero attached hydrogens (tertiary/aromatic N) is 2. The first kappa shape index (κ1) is 16.9. The maximum Gasteiger partial charge on any atom is 0.166 e. The van der Waals surface area contributed by atoms with E-state index < -0.39 is 0 Å². The number of hydrogen-bond acceptors (Lipinski definition) is 6. The molecule has 26 heavy (non-hydrogen) atoms. The lowest BCUT2D eigenvalue weighted by atomic mass is 10.2. The second-order valence-corrected chi connectivity index (χ2v) is 7.38. The summed E-state index contributed by atoms with van der Waals surface area (Å²) in [5, 5.41) is 3.92. The van der Waals surface area contributed by atoms with Gasteiger partial charge in [0.1, 0.15) is 16.5 Å². The summed E-state index contributed by atoms with van der Waals surface area (Å²) >= 11 is 3.26. The summed E-state index contributed by atoms with van der Waals surface area (Å²) in [5.74, 6) is 2.28. The van der Waals surface area contributed by atoms with Gasteiger partial charge in [-0.2, -0.15) is 0 Å². The molecule has 0 saturated carbocycles. The van der Waals surface area contributed by atoms with Crippen LogP contribution >= 0.6 is 23.1 Å². The summed E-state index contributed by atoms with van der Waals surface area (Å²) in [5.41, 5.74) is 4.03. The molecule has 2 aromatic heterocycles. The van der Waals surface area contributed by atoms with Crippen molar-refractivity contribution in [2.45, 2.75) is 10.9 Å². The number of rotatable bonds is 6. The molecular weight excluding hydrogens is 366 g/mol. The van der Waals surface area contributed by atoms with Crippen LogP contribution in [-0.4, -0.2) is 29.2 Å². The maximum absolute atomic E-state index is 5.48. The average Bonchev–Trinajstić information content (AvgIpc) is 3.32. The number of para-hydroxylation sites is 2. The molecule has 5 nitrogen and oxygen atoms in total. The second-order valence-electron chi connectivity index (χ2n) is 5.56. The number of thioether (sulfide) groups is 1. The fourth-order valence-corrected chi connectivity index (χ4v) is 4.34. The molecule has 0 unspecified atom stereocenters. The first-order valence-electron chi connectivity index (χ1n) is 8.01. The van der Waals surface area contributed by atoms with Gasteiger partial charge in [0.25, 0.3) is 0 Å². The zero-order valence-corrected chi connectivity index (χ0v) is 16.0. The van der Waals surface area contributed by atoms with Crippen LogP contribution in [0.3, 0.4) is 0 Å². The number of H-pyrrole nitrogens is 1. The van der Waals surface area contributed by atoms with Crippen molar-refractivity contribution < 1.29 is 9.47 Å². The molecule has 4 rings (SSSR count). The van der Waals surface area contributed by atoms with Crippen molar-refractivity contribution in [2.24, 2.45) is 0 Å². The molecule has 0 bridgehead atoms. The van der Waals surface area contributed by atoms with Gasteiger partial charge < -0.3 is 14.5 Å². The van der Waals surface area contributed by atoms with Gasteiger partial charge >= 0.3 is 0 Å². The van der Waals surface area contributed by atoms with Crippen LogP contribution in [0.25, 0.3) is 21.6 Å². The molecule has 0 atom stereocenters. The number of benzene rings is 2. The molecule has 2 heterocycles. The van der Waals surface area contributed by atoms with E-state index in [-0.39, 0.29) is 0 Å². The molecular formula is C19H17N3O2S2. The predicted molar refractivity (Wildman–Crippen MR) is 106 cm³/mol. The molecule has 2 aromatic carbocycles. The highest BCUT2D eigenvalue weighted by atomic mass is 32.2. The number of hydrogen-bond donors (Lipinski definition) is 1. The van der Waals surface area contributed by atoms with Gasteiger partial charge in [-0.3, -0.25) is 0 Å². The third kappa shape index (κ3) is 3.40. The summed E-state index contributed by atoms with van der Waals surface area (Å²) in [6, 6.07) is 13.8. The van der Waals surface area contributed by atoms with Gasteiger partial charge in [-0.1, -0.05) is 23.9 Å². The van der Waals surface area contributed by atoms with Crippen LogP contribution in [0.5, 0.6) is 11.5 Å². The molecule has 0 spiro atoms. The third-order valence-electron chi connectivity index (χ3n) is 3.92. The Kier molecular flexibility index (Phi) is 4.81. The number of aromatic nitrogens is 3. The highest BCUT2D eigenvalue weighted by molar-refractivity contribution is 7.98. The van der Waals surface area contributed by atoms with Crippen LogP contribution in [0, 0.1) is 0 Å². The summed E-state index contributed by atoms with van der Waals surface area (Å²) in [7, 11) is 3.30. The van der Waals surface area contributed by atoms with Gasteiger partial charge in [-0.05, 0) is 24.3 Å². The lowest BCUT2D eigenvalue weighted by Crippen LogP contribution is -1.90. The molecule has 0 fully saturated rings. The van der Waals surface area contributed by atoms with Gasteiger partial charge in [-0.25, -0.2) is 9.97 Å². The quantitative estimate of drug-likeness (QED) is 0.475. The molecule has 7 heteroatoms. The van der Waals surface area contributed by atoms with E-state index in [4.69, 9.17) is 14.5 Å². The van der Waals surface area contributed by atoms with Crippen LogP contribution in [0.4, 0.5) is 0 Å². The number of methoxy groups -OCH3 is 2. The van der Waals surface area contributed by atoms with Gasteiger partial charge in [0.2, 0.25) is 0 Å². The molecule has 1 N–H and O–H groups in total. The van der Waals surface area contributed by atoms with Crippen molar-refractivity contribution in [3.8, 4) is 22.1 Å². The van der Waals surface area contributed by atoms with Gasteiger partial charge in [0.05, 0.1) is 36.5 Å². The Balaban J connectivity index is 1.51. The fourth-order valence-electron chi connectivity index (χ4n) is 2.61. The molecule has 0 saturated heterocycles. The van der Waals surface area contributed by atoms with Crippen molar-refractivity contribution in [1.29, 1.82) is 0 Å². The average molecular weight is 383 g/mol. The lowest BCUT2D eigenvalue weighted by molar-refractivity contribution is 0.395. The van der Waals surface area contributed by atoms with Gasteiger partial charge in [0.15, 0.2) is 5.16 Å². The summed E-state index contributed by atoms with van der Waals surface area (Å²) in [6.07, 6.45) is 0. The minimum atomic E-state index is 0.759. The zero-order chi connectivity index (χ0) is 17.9. The Morgan fingerprint density at radius 3 is 2.77 bits per heavy atom. The predicted octanol–water partition coefficient (Wildman–Crippen LogP) is 5.00. The van der Waals surface area contributed by atoms with Crippen molar-refractivity contribution in [2.75, 3.05) is 14.2 Å². The first-order chi connectivity index (χ1) is 12.8. The van der Waals surface area contributed by atoms with E-state index in [1.165, 1.54) is 0 Å². The monoisotopic (exact) mass is 383 g/mol. The van der Waals surface area contributed by atoms with Crippen LogP contribution in [0.1, 0.15) is 5.69 Å². The Bertz CT molecular complexity index is 1010. The summed E-state index contributed by atoms with van der Waals surface area (Å²) in [6.45, 7) is 0. The SMILES string of the molecule is COc1ccc(-c2nc(CSc3nc4ccccc4[nH]3)cs2)c(OC)c1. The highest BCUT2D eigenvalue weighted by Crippen LogP contribution is 2.35. The number of nitrogens with one attached hydrogen (secondary N) is 1. The van der Waals surface area contributed by atoms with Crippen molar-refractivity contribution in [3.63, 3.8) is 0 Å². The first-order valence-corrected chi connectivity index (χ1v) is 9.87. The van der Waals surface area contributed by atoms with E-state index in [2.05, 4.69) is 15.3 Å². The van der Waals surface area contributed by atoms with Crippen molar-refractivity contribution in [3.05, 3.63) is 53.5 Å². The third-order valence-corrected chi connectivity index (χ3v) is 5.75. The van der Waals surface area contributed by atoms with Crippen LogP contribution < -0.4 is 9.47 Å². The summed E-state index contributed by atoms with van der Waals surface area (Å²) in [4.78, 5) is 12.7. The second kappa shape index (κ2) is 7.39. The van der Waals surface area contributed by atoms with Crippen molar-refractivity contribution in [1.82, 2.24) is 15.0 Å². The minimum Gasteiger partial charge on any atom is -0.497 e. The molecule has 0 amide bonds. The van der Waals surface area contributed by atoms with E-state index in [0.29, 0.717) is 0 Å². The molecule has 0 aliphatic rings. The molecule has 4 aromatic rings. The topological polar surface area (TPSA) is 60.0 Å². The fraction of sp³-hybridized carbons (Fsp3) is 0.158. The number of thiazole rings is 1. The van der Waals surface area contributed by atoms with E-state index in [1.807, 2.05) is 42.5 Å². The lowest BCUT2D eigenvalue weighted by Gasteiger charge is -2.08. The Morgan fingerprint density at radius 1 is 1.08 bits per heavy atom. The minimum absolute atomic E-state index is 0.759. The maximum atomic E-state index is 5.48. The number of imidazole rings is 1. The largest absolute Gasteiger partial charge is 0.497 e. The Labute approximate surface area is 159 Å². The van der Waals surface area contributed by atoms with E-state index in [9.17, 15) is 0 Å². The van der Waals surface area contributed by atoms with Crippen LogP contribution in [0.15, 0.2) is 53.0 Å². The Hall–Kier alpha value is -2.51. The van der Waals surface area contributed by atoms with Gasteiger partial charge in [0, 0.05) is 17.2 Å². The molecule has 132 valence electrons. The number of aromatic amines is 1. The molecule has 0 aliphatic carbocycles. The van der Waals surface area contributed by atoms with Crippen molar-refractivity contribution >= 4 is 34.1 Å². The van der Waals surface area contributed by atoms with E-state index in [1.54, 1.807) is 37.3 Å². The normalized spacial score (nSPS) is 11.0. The molecule has 0 aliphatic heterocycles. The van der Waals surface area contributed by atoms with E-state index in [0.717, 1.165) is 49.7 Å². The smallest absolute Gasteiger partial charge is 0.166 e. The summed E-state index contributed by atoms with van der Waals surface area (Å²) < 4.78 is 10.7. The number of fused-ring (bicyclic) bond motifs is 1. The Morgan fingerprint density at radius 2 is 1.96 bits per heavy atom. The van der Waals surface area contributed by atoms with Crippen LogP contribution in [-0.2, 0) is 5.75 Å².